The summed E-state index contributed by atoms with van der Waals surface area (Å²) in [7, 11) is 0. The number of fused-ring (bicyclic) bond motifs is 1. The molecule has 3 heterocycles. The lowest BCUT2D eigenvalue weighted by Gasteiger charge is -2.23. The number of hydrogen-bond donors (Lipinski definition) is 0. The van der Waals surface area contributed by atoms with E-state index in [1.54, 1.807) is 0 Å². The topological polar surface area (TPSA) is 12.5 Å². The third kappa shape index (κ3) is 1.31. The van der Waals surface area contributed by atoms with Crippen LogP contribution in [0.5, 0.6) is 0 Å². The molecule has 0 aromatic heterocycles. The molecule has 1 aromatic carbocycles. The Hall–Kier alpha value is -1.28. The number of hydrogen-bond acceptors (Lipinski definition) is 2. The summed E-state index contributed by atoms with van der Waals surface area (Å²) < 4.78 is 6.11. The number of ether oxygens (including phenoxy) is 1. The second kappa shape index (κ2) is 3.14. The molecule has 3 atom stereocenters. The lowest BCUT2D eigenvalue weighted by molar-refractivity contribution is 0.0351. The summed E-state index contributed by atoms with van der Waals surface area (Å²) in [6, 6.07) is 8.78. The van der Waals surface area contributed by atoms with Crippen LogP contribution in [0.25, 0.3) is 0 Å². The zero-order valence-electron chi connectivity index (χ0n) is 10.1. The predicted octanol–water partition coefficient (Wildman–Crippen LogP) is 2.53. The highest BCUT2D eigenvalue weighted by molar-refractivity contribution is 5.51. The first-order chi connectivity index (χ1) is 8.25. The van der Waals surface area contributed by atoms with Crippen LogP contribution in [0, 0.1) is 12.8 Å². The van der Waals surface area contributed by atoms with Gasteiger partial charge in [0.1, 0.15) is 5.60 Å². The molecule has 0 unspecified atom stereocenters. The van der Waals surface area contributed by atoms with Crippen LogP contribution in [0.2, 0.25) is 0 Å². The fourth-order valence-electron chi connectivity index (χ4n) is 3.57. The van der Waals surface area contributed by atoms with Crippen LogP contribution < -0.4 is 4.90 Å². The number of nitrogens with zero attached hydrogens (tertiary/aromatic N) is 1. The summed E-state index contributed by atoms with van der Waals surface area (Å²) in [5.74, 6) is 0.693. The van der Waals surface area contributed by atoms with E-state index in [9.17, 15) is 0 Å². The maximum Gasteiger partial charge on any atom is 0.109 e. The molecule has 2 heteroatoms. The van der Waals surface area contributed by atoms with Crippen LogP contribution in [0.15, 0.2) is 36.4 Å². The van der Waals surface area contributed by atoms with E-state index in [1.807, 2.05) is 0 Å². The molecule has 0 aliphatic carbocycles. The minimum Gasteiger partial charge on any atom is -0.368 e. The van der Waals surface area contributed by atoms with Gasteiger partial charge in [0, 0.05) is 18.2 Å². The fraction of sp³-hybridized carbons (Fsp3) is 0.467. The predicted molar refractivity (Wildman–Crippen MR) is 68.2 cm³/mol. The minimum atomic E-state index is 0.0361. The molecule has 2 saturated heterocycles. The van der Waals surface area contributed by atoms with E-state index in [0.29, 0.717) is 12.0 Å². The molecule has 2 nitrogen and oxygen atoms in total. The van der Waals surface area contributed by atoms with Crippen molar-refractivity contribution in [3.63, 3.8) is 0 Å². The molecule has 17 heavy (non-hydrogen) atoms. The highest BCUT2D eigenvalue weighted by Crippen LogP contribution is 2.48. The number of rotatable bonds is 1. The first kappa shape index (κ1) is 9.72. The van der Waals surface area contributed by atoms with Crippen molar-refractivity contribution in [1.29, 1.82) is 0 Å². The highest BCUT2D eigenvalue weighted by atomic mass is 16.5. The Morgan fingerprint density at radius 2 is 2.35 bits per heavy atom. The zero-order chi connectivity index (χ0) is 11.5. The Balaban J connectivity index is 1.65. The van der Waals surface area contributed by atoms with E-state index in [0.717, 1.165) is 13.1 Å². The number of benzene rings is 1. The first-order valence-corrected chi connectivity index (χ1v) is 6.44. The smallest absolute Gasteiger partial charge is 0.109 e. The van der Waals surface area contributed by atoms with Gasteiger partial charge in [-0.25, -0.2) is 0 Å². The van der Waals surface area contributed by atoms with Gasteiger partial charge in [0.15, 0.2) is 0 Å². The average molecular weight is 227 g/mol. The van der Waals surface area contributed by atoms with Crippen LogP contribution in [0.1, 0.15) is 12.0 Å². The van der Waals surface area contributed by atoms with Gasteiger partial charge in [-0.05, 0) is 31.0 Å². The Morgan fingerprint density at radius 1 is 1.41 bits per heavy atom. The molecule has 3 aliphatic rings. The minimum absolute atomic E-state index is 0.0361. The van der Waals surface area contributed by atoms with Gasteiger partial charge in [-0.2, -0.15) is 0 Å². The molecule has 1 aromatic rings. The van der Waals surface area contributed by atoms with Crippen LogP contribution in [0.3, 0.4) is 0 Å². The monoisotopic (exact) mass is 227 g/mol. The Morgan fingerprint density at radius 3 is 3.12 bits per heavy atom. The molecule has 3 aliphatic heterocycles. The van der Waals surface area contributed by atoms with E-state index in [1.165, 1.54) is 17.7 Å². The van der Waals surface area contributed by atoms with Crippen molar-refractivity contribution in [1.82, 2.24) is 0 Å². The Kier molecular flexibility index (Phi) is 1.79. The van der Waals surface area contributed by atoms with Gasteiger partial charge >= 0.3 is 0 Å². The second-order valence-corrected chi connectivity index (χ2v) is 5.62. The molecule has 0 radical (unpaired) electrons. The SMILES string of the molecule is Cc1cccc(N2C[C@@H]3C[C@@H]4C=C[C@@]3(C2)O4)c1. The van der Waals surface area contributed by atoms with Crippen molar-refractivity contribution in [2.75, 3.05) is 18.0 Å². The normalized spacial score (nSPS) is 37.8. The van der Waals surface area contributed by atoms with Gasteiger partial charge < -0.3 is 9.64 Å². The second-order valence-electron chi connectivity index (χ2n) is 5.62. The zero-order valence-corrected chi connectivity index (χ0v) is 10.1. The lowest BCUT2D eigenvalue weighted by atomic mass is 9.86. The van der Waals surface area contributed by atoms with Crippen molar-refractivity contribution in [2.45, 2.75) is 25.0 Å². The van der Waals surface area contributed by atoms with Gasteiger partial charge in [-0.3, -0.25) is 0 Å². The van der Waals surface area contributed by atoms with Crippen molar-refractivity contribution in [3.8, 4) is 0 Å². The van der Waals surface area contributed by atoms with E-state index >= 15 is 0 Å². The van der Waals surface area contributed by atoms with Crippen molar-refractivity contribution in [3.05, 3.63) is 42.0 Å². The van der Waals surface area contributed by atoms with Crippen LogP contribution >= 0.6 is 0 Å². The average Bonchev–Trinajstić information content (AvgIpc) is 2.94. The van der Waals surface area contributed by atoms with E-state index < -0.39 is 0 Å². The van der Waals surface area contributed by atoms with Gasteiger partial charge in [0.05, 0.1) is 12.6 Å². The maximum atomic E-state index is 6.11. The van der Waals surface area contributed by atoms with Gasteiger partial charge in [0.25, 0.3) is 0 Å². The molecular weight excluding hydrogens is 210 g/mol. The molecule has 2 fully saturated rings. The van der Waals surface area contributed by atoms with E-state index in [-0.39, 0.29) is 5.60 Å². The molecule has 1 spiro atoms. The summed E-state index contributed by atoms with van der Waals surface area (Å²) in [6.07, 6.45) is 6.16. The van der Waals surface area contributed by atoms with Crippen molar-refractivity contribution in [2.24, 2.45) is 5.92 Å². The maximum absolute atomic E-state index is 6.11. The summed E-state index contributed by atoms with van der Waals surface area (Å²) in [4.78, 5) is 2.48. The van der Waals surface area contributed by atoms with E-state index in [2.05, 4.69) is 48.2 Å². The molecule has 88 valence electrons. The summed E-state index contributed by atoms with van der Waals surface area (Å²) in [6.45, 7) is 4.32. The Bertz CT molecular complexity index is 495. The molecule has 2 bridgehead atoms. The van der Waals surface area contributed by atoms with Crippen LogP contribution in [0.4, 0.5) is 5.69 Å². The van der Waals surface area contributed by atoms with Crippen LogP contribution in [-0.4, -0.2) is 24.8 Å². The van der Waals surface area contributed by atoms with Gasteiger partial charge in [-0.1, -0.05) is 24.3 Å². The third-order valence-electron chi connectivity index (χ3n) is 4.42. The highest BCUT2D eigenvalue weighted by Gasteiger charge is 2.55. The molecule has 4 rings (SSSR count). The van der Waals surface area contributed by atoms with Gasteiger partial charge in [-0.15, -0.1) is 0 Å². The molecule has 0 saturated carbocycles. The first-order valence-electron chi connectivity index (χ1n) is 6.44. The largest absolute Gasteiger partial charge is 0.368 e. The standard InChI is InChI=1S/C15H17NO/c1-11-3-2-4-13(7-11)16-9-12-8-14-5-6-15(12,10-16)17-14/h2-7,12,14H,8-10H2,1H3/t12-,14-,15-/m0/s1. The molecule has 0 N–H and O–H groups in total. The summed E-state index contributed by atoms with van der Waals surface area (Å²) in [5, 5.41) is 0. The Labute approximate surface area is 102 Å². The molecular formula is C15H17NO. The summed E-state index contributed by atoms with van der Waals surface area (Å²) in [5.41, 5.74) is 2.71. The van der Waals surface area contributed by atoms with Crippen molar-refractivity contribution >= 4 is 5.69 Å². The molecule has 0 amide bonds. The quantitative estimate of drug-likeness (QED) is 0.684. The fourth-order valence-corrected chi connectivity index (χ4v) is 3.57. The number of aryl methyl sites for hydroxylation is 1. The summed E-state index contributed by atoms with van der Waals surface area (Å²) >= 11 is 0. The van der Waals surface area contributed by atoms with Crippen molar-refractivity contribution < 1.29 is 4.74 Å². The van der Waals surface area contributed by atoms with E-state index in [4.69, 9.17) is 4.74 Å². The van der Waals surface area contributed by atoms with Gasteiger partial charge in [0.2, 0.25) is 0 Å². The number of anilines is 1. The lowest BCUT2D eigenvalue weighted by Crippen LogP contribution is -2.33. The van der Waals surface area contributed by atoms with Crippen LogP contribution in [-0.2, 0) is 4.74 Å². The third-order valence-corrected chi connectivity index (χ3v) is 4.42.